The molecule has 0 spiro atoms. The zero-order valence-electron chi connectivity index (χ0n) is 9.69. The van der Waals surface area contributed by atoms with Gasteiger partial charge in [-0.25, -0.2) is 9.21 Å². The summed E-state index contributed by atoms with van der Waals surface area (Å²) in [6, 6.07) is 0. The molecule has 0 aromatic carbocycles. The van der Waals surface area contributed by atoms with E-state index in [1.54, 1.807) is 4.86 Å². The highest BCUT2D eigenvalue weighted by atomic mass is 32.2. The Hall–Kier alpha value is 0.0900. The normalized spacial score (nSPS) is 16.9. The summed E-state index contributed by atoms with van der Waals surface area (Å²) in [4.78, 5) is 1.59. The second-order valence-corrected chi connectivity index (χ2v) is 8.60. The Balaban J connectivity index is 5.53. The molecule has 74 valence electrons. The Labute approximate surface area is 78.9 Å². The summed E-state index contributed by atoms with van der Waals surface area (Å²) in [6.07, 6.45) is 3.68. The SMILES string of the molecule is CC=S(C)(=C(C)C)C(C)(C)CC. The van der Waals surface area contributed by atoms with Crippen LogP contribution in [0.2, 0.25) is 0 Å². The van der Waals surface area contributed by atoms with Gasteiger partial charge in [0.15, 0.2) is 0 Å². The quantitative estimate of drug-likeness (QED) is 0.580. The van der Waals surface area contributed by atoms with Crippen molar-refractivity contribution in [1.29, 1.82) is 0 Å². The van der Waals surface area contributed by atoms with Crippen LogP contribution in [0.15, 0.2) is 0 Å². The van der Waals surface area contributed by atoms with Crippen molar-refractivity contribution in [3.05, 3.63) is 0 Å². The van der Waals surface area contributed by atoms with E-state index in [1.807, 2.05) is 0 Å². The molecular weight excluding hydrogens is 164 g/mol. The molecule has 0 aliphatic heterocycles. The lowest BCUT2D eigenvalue weighted by molar-refractivity contribution is 0.684. The molecule has 0 aliphatic carbocycles. The maximum Gasteiger partial charge on any atom is 0.000393 e. The molecule has 0 nitrogen and oxygen atoms in total. The van der Waals surface area contributed by atoms with Crippen molar-refractivity contribution in [2.45, 2.75) is 52.7 Å². The van der Waals surface area contributed by atoms with Gasteiger partial charge in [0.1, 0.15) is 0 Å². The average Bonchev–Trinajstić information content (AvgIpc) is 2.02. The van der Waals surface area contributed by atoms with Gasteiger partial charge in [0.05, 0.1) is 0 Å². The van der Waals surface area contributed by atoms with E-state index >= 15 is 0 Å². The van der Waals surface area contributed by atoms with Gasteiger partial charge in [-0.3, -0.25) is 0 Å². The zero-order chi connectivity index (χ0) is 9.99. The second-order valence-electron chi connectivity index (χ2n) is 4.24. The fourth-order valence-corrected chi connectivity index (χ4v) is 4.22. The van der Waals surface area contributed by atoms with E-state index in [4.69, 9.17) is 0 Å². The third kappa shape index (κ3) is 1.87. The van der Waals surface area contributed by atoms with Crippen LogP contribution >= 0.6 is 9.21 Å². The van der Waals surface area contributed by atoms with Crippen molar-refractivity contribution in [3.63, 3.8) is 0 Å². The first-order chi connectivity index (χ1) is 5.31. The minimum atomic E-state index is -0.630. The Morgan fingerprint density at radius 2 is 1.75 bits per heavy atom. The van der Waals surface area contributed by atoms with Crippen molar-refractivity contribution >= 4 is 19.4 Å². The maximum absolute atomic E-state index is 2.42. The molecule has 1 atom stereocenters. The van der Waals surface area contributed by atoms with Crippen LogP contribution < -0.4 is 0 Å². The largest absolute Gasteiger partial charge is 0.204 e. The van der Waals surface area contributed by atoms with Gasteiger partial charge >= 0.3 is 0 Å². The zero-order valence-corrected chi connectivity index (χ0v) is 10.5. The maximum atomic E-state index is 2.42. The van der Waals surface area contributed by atoms with Gasteiger partial charge in [0, 0.05) is 4.75 Å². The predicted molar refractivity (Wildman–Crippen MR) is 66.0 cm³/mol. The first kappa shape index (κ1) is 12.1. The average molecular weight is 188 g/mol. The van der Waals surface area contributed by atoms with Crippen LogP contribution in [-0.4, -0.2) is 21.2 Å². The molecule has 0 amide bonds. The van der Waals surface area contributed by atoms with Crippen molar-refractivity contribution in [2.75, 3.05) is 6.26 Å². The van der Waals surface area contributed by atoms with Gasteiger partial charge < -0.3 is 0 Å². The standard InChI is InChI=1S/C11H24S/c1-8-11(5,6)12(7,9-2)10(3)4/h9H,8H2,1-7H3. The molecule has 0 heterocycles. The van der Waals surface area contributed by atoms with Crippen molar-refractivity contribution in [1.82, 2.24) is 0 Å². The highest BCUT2D eigenvalue weighted by Gasteiger charge is 2.21. The summed E-state index contributed by atoms with van der Waals surface area (Å²) in [7, 11) is -0.630. The Kier molecular flexibility index (Phi) is 3.89. The number of hydrogen-bond donors (Lipinski definition) is 0. The molecule has 12 heavy (non-hydrogen) atoms. The molecule has 0 aliphatic rings. The topological polar surface area (TPSA) is 0 Å². The second kappa shape index (κ2) is 3.87. The molecule has 1 heteroatoms. The van der Waals surface area contributed by atoms with E-state index in [-0.39, 0.29) is 0 Å². The van der Waals surface area contributed by atoms with E-state index < -0.39 is 9.21 Å². The highest BCUT2D eigenvalue weighted by molar-refractivity contribution is 8.30. The number of rotatable bonds is 2. The molecule has 0 rings (SSSR count). The molecule has 0 aromatic rings. The van der Waals surface area contributed by atoms with Crippen LogP contribution in [0.25, 0.3) is 0 Å². The molecule has 1 unspecified atom stereocenters. The summed E-state index contributed by atoms with van der Waals surface area (Å²) in [5, 5.41) is 2.42. The minimum Gasteiger partial charge on any atom is -0.204 e. The van der Waals surface area contributed by atoms with Gasteiger partial charge in [-0.05, 0) is 33.4 Å². The molecular formula is C11H24S. The van der Waals surface area contributed by atoms with Crippen LogP contribution in [-0.2, 0) is 0 Å². The van der Waals surface area contributed by atoms with E-state index in [0.717, 1.165) is 0 Å². The number of hydrogen-bond acceptors (Lipinski definition) is 0. The summed E-state index contributed by atoms with van der Waals surface area (Å²) in [6.45, 7) is 13.8. The summed E-state index contributed by atoms with van der Waals surface area (Å²) >= 11 is 0. The Morgan fingerprint density at radius 3 is 1.83 bits per heavy atom. The lowest BCUT2D eigenvalue weighted by Crippen LogP contribution is -2.21. The van der Waals surface area contributed by atoms with Crippen molar-refractivity contribution in [2.24, 2.45) is 0 Å². The van der Waals surface area contributed by atoms with Gasteiger partial charge in [-0.2, -0.15) is 0 Å². The van der Waals surface area contributed by atoms with E-state index in [9.17, 15) is 0 Å². The molecule has 0 saturated carbocycles. The van der Waals surface area contributed by atoms with Gasteiger partial charge in [-0.15, -0.1) is 0 Å². The third-order valence-electron chi connectivity index (χ3n) is 3.32. The molecule has 0 radical (unpaired) electrons. The van der Waals surface area contributed by atoms with E-state index in [0.29, 0.717) is 4.75 Å². The summed E-state index contributed by atoms with van der Waals surface area (Å²) < 4.78 is 0.459. The Morgan fingerprint density at radius 1 is 1.33 bits per heavy atom. The van der Waals surface area contributed by atoms with Gasteiger partial charge in [0.2, 0.25) is 0 Å². The van der Waals surface area contributed by atoms with Gasteiger partial charge in [-0.1, -0.05) is 31.0 Å². The van der Waals surface area contributed by atoms with Crippen molar-refractivity contribution < 1.29 is 0 Å². The lowest BCUT2D eigenvalue weighted by Gasteiger charge is -2.34. The molecule has 0 fully saturated rings. The lowest BCUT2D eigenvalue weighted by atomic mass is 10.1. The van der Waals surface area contributed by atoms with Crippen LogP contribution in [0.3, 0.4) is 0 Å². The van der Waals surface area contributed by atoms with Crippen LogP contribution in [0, 0.1) is 0 Å². The molecule has 0 N–H and O–H groups in total. The predicted octanol–water partition coefficient (Wildman–Crippen LogP) is 3.64. The first-order valence-corrected chi connectivity index (χ1v) is 6.79. The smallest absolute Gasteiger partial charge is 0.000393 e. The van der Waals surface area contributed by atoms with Crippen LogP contribution in [0.1, 0.15) is 48.0 Å². The fourth-order valence-electron chi connectivity index (χ4n) is 1.41. The van der Waals surface area contributed by atoms with Crippen LogP contribution in [0.4, 0.5) is 0 Å². The molecule has 0 saturated heterocycles. The molecule has 0 aromatic heterocycles. The summed E-state index contributed by atoms with van der Waals surface area (Å²) in [5.41, 5.74) is 0. The first-order valence-electron chi connectivity index (χ1n) is 4.69. The monoisotopic (exact) mass is 188 g/mol. The van der Waals surface area contributed by atoms with E-state index in [1.165, 1.54) is 6.42 Å². The van der Waals surface area contributed by atoms with Gasteiger partial charge in [0.25, 0.3) is 0 Å². The summed E-state index contributed by atoms with van der Waals surface area (Å²) in [5.74, 6) is 0. The van der Waals surface area contributed by atoms with Crippen LogP contribution in [0.5, 0.6) is 0 Å². The van der Waals surface area contributed by atoms with Crippen molar-refractivity contribution in [3.8, 4) is 0 Å². The fraction of sp³-hybridized carbons (Fsp3) is 0.818. The molecule has 0 bridgehead atoms. The highest BCUT2D eigenvalue weighted by Crippen LogP contribution is 2.40. The minimum absolute atomic E-state index is 0.459. The Bertz CT molecular complexity index is 257. The third-order valence-corrected chi connectivity index (χ3v) is 8.54. The van der Waals surface area contributed by atoms with E-state index in [2.05, 4.69) is 53.2 Å².